The van der Waals surface area contributed by atoms with Gasteiger partial charge in [-0.25, -0.2) is 4.79 Å². The third-order valence-electron chi connectivity index (χ3n) is 8.37. The molecule has 0 unspecified atom stereocenters. The Hall–Kier alpha value is -2.36. The Morgan fingerprint density at radius 3 is 2.32 bits per heavy atom. The van der Waals surface area contributed by atoms with Crippen molar-refractivity contribution >= 4 is 12.0 Å². The van der Waals surface area contributed by atoms with Crippen LogP contribution in [0.15, 0.2) is 18.2 Å². The molecule has 1 heterocycles. The molecule has 4 atom stereocenters. The molecule has 0 bridgehead atoms. The van der Waals surface area contributed by atoms with Crippen LogP contribution >= 0.6 is 0 Å². The minimum atomic E-state index is -0.936. The van der Waals surface area contributed by atoms with E-state index in [1.807, 2.05) is 41.5 Å². The quantitative estimate of drug-likeness (QED) is 0.188. The number of aryl methyl sites for hydroxylation is 1. The second kappa shape index (κ2) is 18.6. The molecule has 0 aliphatic carbocycles. The highest BCUT2D eigenvalue weighted by Crippen LogP contribution is 2.29. The lowest BCUT2D eigenvalue weighted by molar-refractivity contribution is -0.129. The Kier molecular flexibility index (Phi) is 16.0. The first kappa shape index (κ1) is 37.8. The van der Waals surface area contributed by atoms with Gasteiger partial charge in [0.25, 0.3) is 0 Å². The summed E-state index contributed by atoms with van der Waals surface area (Å²) in [5.41, 5.74) is 1.53. The maximum atomic E-state index is 13.4. The first-order valence-corrected chi connectivity index (χ1v) is 16.5. The first-order valence-electron chi connectivity index (χ1n) is 16.5. The summed E-state index contributed by atoms with van der Waals surface area (Å²) in [4.78, 5) is 26.3. The summed E-state index contributed by atoms with van der Waals surface area (Å²) in [6, 6.07) is 5.78. The lowest BCUT2D eigenvalue weighted by atomic mass is 9.80. The lowest BCUT2D eigenvalue weighted by Crippen LogP contribution is -2.49. The molecule has 1 saturated heterocycles. The predicted molar refractivity (Wildman–Crippen MR) is 174 cm³/mol. The number of methoxy groups -OCH3 is 1. The van der Waals surface area contributed by atoms with E-state index in [1.165, 1.54) is 0 Å². The fourth-order valence-electron chi connectivity index (χ4n) is 5.56. The minimum Gasteiger partial charge on any atom is -0.493 e. The highest BCUT2D eigenvalue weighted by molar-refractivity contribution is 5.79. The molecule has 2 amide bonds. The number of amides is 2. The number of hydrogen-bond acceptors (Lipinski definition) is 7. The Morgan fingerprint density at radius 2 is 1.73 bits per heavy atom. The van der Waals surface area contributed by atoms with Gasteiger partial charge >= 0.3 is 6.09 Å². The van der Waals surface area contributed by atoms with Crippen molar-refractivity contribution in [3.63, 3.8) is 0 Å². The van der Waals surface area contributed by atoms with E-state index in [4.69, 9.17) is 18.9 Å². The highest BCUT2D eigenvalue weighted by atomic mass is 16.6. The molecule has 0 aromatic heterocycles. The number of carbonyl (C=O) groups excluding carboxylic acids is 2. The van der Waals surface area contributed by atoms with Crippen LogP contribution in [0.2, 0.25) is 0 Å². The summed E-state index contributed by atoms with van der Waals surface area (Å²) in [5.74, 6) is 0.836. The van der Waals surface area contributed by atoms with Gasteiger partial charge in [-0.05, 0) is 94.7 Å². The Morgan fingerprint density at radius 1 is 1.05 bits per heavy atom. The number of hydrogen-bond donors (Lipinski definition) is 3. The van der Waals surface area contributed by atoms with Crippen molar-refractivity contribution in [1.82, 2.24) is 10.6 Å². The molecule has 9 heteroatoms. The minimum absolute atomic E-state index is 0.0161. The van der Waals surface area contributed by atoms with E-state index in [-0.39, 0.29) is 36.1 Å². The Bertz CT molecular complexity index is 1000. The van der Waals surface area contributed by atoms with Gasteiger partial charge in [0, 0.05) is 45.3 Å². The maximum absolute atomic E-state index is 13.4. The molecule has 252 valence electrons. The van der Waals surface area contributed by atoms with Crippen LogP contribution in [0.5, 0.6) is 5.75 Å². The second-order valence-electron chi connectivity index (χ2n) is 14.0. The molecular weight excluding hydrogens is 560 g/mol. The van der Waals surface area contributed by atoms with Gasteiger partial charge in [0.1, 0.15) is 11.4 Å². The molecule has 3 N–H and O–H groups in total. The first-order chi connectivity index (χ1) is 20.7. The summed E-state index contributed by atoms with van der Waals surface area (Å²) >= 11 is 0. The van der Waals surface area contributed by atoms with Crippen LogP contribution in [0, 0.1) is 30.6 Å². The van der Waals surface area contributed by atoms with Gasteiger partial charge in [-0.1, -0.05) is 39.8 Å². The number of ether oxygens (including phenoxy) is 4. The topological polar surface area (TPSA) is 115 Å². The van der Waals surface area contributed by atoms with Crippen LogP contribution in [-0.2, 0) is 25.4 Å². The normalized spacial score (nSPS) is 17.2. The second-order valence-corrected chi connectivity index (χ2v) is 14.0. The summed E-state index contributed by atoms with van der Waals surface area (Å²) < 4.78 is 22.2. The Balaban J connectivity index is 2.23. The van der Waals surface area contributed by atoms with Gasteiger partial charge in [-0.3, -0.25) is 4.79 Å². The number of alkyl carbamates (subject to hydrolysis) is 1. The average molecular weight is 621 g/mol. The van der Waals surface area contributed by atoms with Crippen molar-refractivity contribution in [2.75, 3.05) is 33.5 Å². The Labute approximate surface area is 266 Å². The molecule has 1 aromatic carbocycles. The zero-order valence-electron chi connectivity index (χ0n) is 28.7. The van der Waals surface area contributed by atoms with Gasteiger partial charge in [0.05, 0.1) is 18.8 Å². The molecule has 2 rings (SSSR count). The molecule has 1 aliphatic rings. The number of rotatable bonds is 17. The van der Waals surface area contributed by atoms with Crippen molar-refractivity contribution in [1.29, 1.82) is 0 Å². The van der Waals surface area contributed by atoms with Crippen LogP contribution in [0.25, 0.3) is 0 Å². The molecule has 0 spiro atoms. The third-order valence-corrected chi connectivity index (χ3v) is 8.37. The maximum Gasteiger partial charge on any atom is 0.407 e. The fraction of sp³-hybridized carbons (Fsp3) is 0.771. The number of benzene rings is 1. The number of nitrogens with one attached hydrogen (secondary N) is 2. The van der Waals surface area contributed by atoms with E-state index < -0.39 is 29.8 Å². The number of aliphatic hydroxyl groups is 1. The van der Waals surface area contributed by atoms with E-state index in [9.17, 15) is 14.7 Å². The summed E-state index contributed by atoms with van der Waals surface area (Å²) in [5, 5.41) is 17.8. The van der Waals surface area contributed by atoms with Crippen LogP contribution in [0.3, 0.4) is 0 Å². The fourth-order valence-corrected chi connectivity index (χ4v) is 5.56. The van der Waals surface area contributed by atoms with E-state index in [1.54, 1.807) is 7.11 Å². The van der Waals surface area contributed by atoms with E-state index >= 15 is 0 Å². The standard InChI is InChI=1S/C35H60N2O7/c1-23(2)27(19-26-12-11-25(5)32(20-26)43-16-10-15-41-9)21-30(37-34(40)44-35(6,7)8)31(38)22-29(24(3)4)33(39)36-28-13-17-42-18-14-28/h11-12,20,23-24,27-31,38H,10,13-19,21-22H2,1-9H3,(H,36,39)(H,37,40)/t27-,29+,30+,31-/m1/s1. The van der Waals surface area contributed by atoms with Crippen LogP contribution in [0.4, 0.5) is 4.79 Å². The molecule has 1 fully saturated rings. The van der Waals surface area contributed by atoms with Crippen molar-refractivity contribution in [2.24, 2.45) is 23.7 Å². The average Bonchev–Trinajstić information content (AvgIpc) is 2.93. The van der Waals surface area contributed by atoms with E-state index in [0.29, 0.717) is 32.8 Å². The number of carbonyl (C=O) groups is 2. The smallest absolute Gasteiger partial charge is 0.407 e. The van der Waals surface area contributed by atoms with Gasteiger partial charge < -0.3 is 34.7 Å². The highest BCUT2D eigenvalue weighted by Gasteiger charge is 2.34. The van der Waals surface area contributed by atoms with E-state index in [0.717, 1.165) is 42.6 Å². The SMILES string of the molecule is COCCCOc1cc(C[C@H](C[C@H](NC(=O)OC(C)(C)C)[C@H](O)C[C@H](C(=O)NC2CCOCC2)C(C)C)C(C)C)ccc1C. The monoisotopic (exact) mass is 620 g/mol. The molecule has 0 radical (unpaired) electrons. The molecule has 1 aliphatic heterocycles. The lowest BCUT2D eigenvalue weighted by Gasteiger charge is -2.34. The largest absolute Gasteiger partial charge is 0.493 e. The van der Waals surface area contributed by atoms with Gasteiger partial charge in [0.15, 0.2) is 0 Å². The molecule has 0 saturated carbocycles. The van der Waals surface area contributed by atoms with Crippen molar-refractivity contribution in [3.05, 3.63) is 29.3 Å². The molecule has 44 heavy (non-hydrogen) atoms. The molecule has 9 nitrogen and oxygen atoms in total. The van der Waals surface area contributed by atoms with Gasteiger partial charge in [-0.15, -0.1) is 0 Å². The van der Waals surface area contributed by atoms with Crippen LogP contribution in [-0.4, -0.2) is 74.4 Å². The zero-order valence-corrected chi connectivity index (χ0v) is 28.7. The van der Waals surface area contributed by atoms with Crippen LogP contribution < -0.4 is 15.4 Å². The third kappa shape index (κ3) is 13.7. The zero-order chi connectivity index (χ0) is 32.9. The van der Waals surface area contributed by atoms with Crippen molar-refractivity contribution in [2.45, 2.75) is 118 Å². The molecular formula is C35H60N2O7. The van der Waals surface area contributed by atoms with Gasteiger partial charge in [0.2, 0.25) is 5.91 Å². The summed E-state index contributed by atoms with van der Waals surface area (Å²) in [7, 11) is 1.69. The summed E-state index contributed by atoms with van der Waals surface area (Å²) in [6.07, 6.45) is 2.41. The summed E-state index contributed by atoms with van der Waals surface area (Å²) in [6.45, 7) is 18.3. The van der Waals surface area contributed by atoms with Crippen molar-refractivity contribution in [3.8, 4) is 5.75 Å². The number of aliphatic hydroxyl groups excluding tert-OH is 1. The molecule has 1 aromatic rings. The van der Waals surface area contributed by atoms with Crippen LogP contribution in [0.1, 0.15) is 91.7 Å². The van der Waals surface area contributed by atoms with Crippen molar-refractivity contribution < 1.29 is 33.6 Å². The van der Waals surface area contributed by atoms with E-state index in [2.05, 4.69) is 42.7 Å². The predicted octanol–water partition coefficient (Wildman–Crippen LogP) is 5.83. The van der Waals surface area contributed by atoms with Gasteiger partial charge in [-0.2, -0.15) is 0 Å².